The minimum absolute atomic E-state index is 0.0827. The molecule has 21 heavy (non-hydrogen) atoms. The average molecular weight is 299 g/mol. The Bertz CT molecular complexity index is 613. The van der Waals surface area contributed by atoms with Crippen molar-refractivity contribution < 1.29 is 13.2 Å². The molecule has 0 saturated heterocycles. The number of rotatable bonds is 3. The van der Waals surface area contributed by atoms with Crippen molar-refractivity contribution in [2.45, 2.75) is 39.0 Å². The quantitative estimate of drug-likeness (QED) is 0.946. The van der Waals surface area contributed by atoms with Crippen LogP contribution in [0.25, 0.3) is 5.69 Å². The second kappa shape index (κ2) is 5.44. The SMILES string of the molecule is CC(C)(C)NCc1nnnn1-c1ccccc1C(F)(F)F. The Kier molecular flexibility index (Phi) is 3.99. The topological polar surface area (TPSA) is 55.6 Å². The summed E-state index contributed by atoms with van der Waals surface area (Å²) in [5, 5.41) is 14.1. The molecule has 2 aromatic rings. The molecule has 0 saturated carbocycles. The Morgan fingerprint density at radius 3 is 2.43 bits per heavy atom. The van der Waals surface area contributed by atoms with Gasteiger partial charge in [-0.1, -0.05) is 12.1 Å². The summed E-state index contributed by atoms with van der Waals surface area (Å²) in [6.07, 6.45) is -4.46. The van der Waals surface area contributed by atoms with Crippen LogP contribution in [0.2, 0.25) is 0 Å². The lowest BCUT2D eigenvalue weighted by molar-refractivity contribution is -0.137. The summed E-state index contributed by atoms with van der Waals surface area (Å²) in [7, 11) is 0. The molecular weight excluding hydrogens is 283 g/mol. The molecular formula is C13H16F3N5. The van der Waals surface area contributed by atoms with Crippen LogP contribution in [0.1, 0.15) is 32.2 Å². The summed E-state index contributed by atoms with van der Waals surface area (Å²) in [4.78, 5) is 0. The first-order valence-electron chi connectivity index (χ1n) is 6.37. The summed E-state index contributed by atoms with van der Waals surface area (Å²) in [6, 6.07) is 5.22. The van der Waals surface area contributed by atoms with Gasteiger partial charge in [-0.15, -0.1) is 5.10 Å². The van der Waals surface area contributed by atoms with Crippen LogP contribution in [-0.2, 0) is 12.7 Å². The van der Waals surface area contributed by atoms with E-state index in [1.165, 1.54) is 18.2 Å². The lowest BCUT2D eigenvalue weighted by atomic mass is 10.1. The Morgan fingerprint density at radius 1 is 1.14 bits per heavy atom. The molecule has 0 bridgehead atoms. The zero-order valence-electron chi connectivity index (χ0n) is 11.9. The van der Waals surface area contributed by atoms with Crippen molar-refractivity contribution in [2.24, 2.45) is 0 Å². The molecule has 0 aliphatic heterocycles. The molecule has 8 heteroatoms. The molecule has 1 aromatic carbocycles. The Labute approximate surface area is 120 Å². The van der Waals surface area contributed by atoms with Gasteiger partial charge < -0.3 is 5.32 Å². The average Bonchev–Trinajstić information content (AvgIpc) is 2.82. The number of tetrazole rings is 1. The van der Waals surface area contributed by atoms with Gasteiger partial charge in [-0.3, -0.25) is 0 Å². The summed E-state index contributed by atoms with van der Waals surface area (Å²) >= 11 is 0. The number of alkyl halides is 3. The van der Waals surface area contributed by atoms with Gasteiger partial charge in [0.15, 0.2) is 5.82 Å². The largest absolute Gasteiger partial charge is 0.418 e. The van der Waals surface area contributed by atoms with Crippen LogP contribution >= 0.6 is 0 Å². The third kappa shape index (κ3) is 3.78. The van der Waals surface area contributed by atoms with Crippen molar-refractivity contribution in [2.75, 3.05) is 0 Å². The smallest absolute Gasteiger partial charge is 0.305 e. The van der Waals surface area contributed by atoms with Gasteiger partial charge >= 0.3 is 6.18 Å². The van der Waals surface area contributed by atoms with Crippen molar-refractivity contribution >= 4 is 0 Å². The standard InChI is InChI=1S/C13H16F3N5/c1-12(2,3)17-8-11-18-19-20-21(11)10-7-5-4-6-9(10)13(14,15)16/h4-7,17H,8H2,1-3H3. The zero-order chi connectivity index (χ0) is 15.7. The highest BCUT2D eigenvalue weighted by Gasteiger charge is 2.34. The summed E-state index contributed by atoms with van der Waals surface area (Å²) in [5.41, 5.74) is -1.05. The minimum atomic E-state index is -4.46. The number of halogens is 3. The highest BCUT2D eigenvalue weighted by atomic mass is 19.4. The number of aromatic nitrogens is 4. The van der Waals surface area contributed by atoms with E-state index in [4.69, 9.17) is 0 Å². The third-order valence-corrected chi connectivity index (χ3v) is 2.75. The van der Waals surface area contributed by atoms with Gasteiger partial charge in [-0.05, 0) is 43.3 Å². The van der Waals surface area contributed by atoms with Crippen molar-refractivity contribution in [3.8, 4) is 5.69 Å². The van der Waals surface area contributed by atoms with Gasteiger partial charge in [0.05, 0.1) is 17.8 Å². The normalized spacial score (nSPS) is 12.7. The van der Waals surface area contributed by atoms with Crippen LogP contribution in [0.3, 0.4) is 0 Å². The van der Waals surface area contributed by atoms with Crippen LogP contribution in [-0.4, -0.2) is 25.7 Å². The molecule has 1 heterocycles. The molecule has 1 N–H and O–H groups in total. The summed E-state index contributed by atoms with van der Waals surface area (Å²) in [5.74, 6) is 0.321. The van der Waals surface area contributed by atoms with Gasteiger partial charge in [0, 0.05) is 5.54 Å². The van der Waals surface area contributed by atoms with Gasteiger partial charge in [0.25, 0.3) is 0 Å². The lowest BCUT2D eigenvalue weighted by Crippen LogP contribution is -2.36. The van der Waals surface area contributed by atoms with E-state index in [1.54, 1.807) is 0 Å². The van der Waals surface area contributed by atoms with E-state index in [0.29, 0.717) is 5.82 Å². The van der Waals surface area contributed by atoms with Gasteiger partial charge in [-0.2, -0.15) is 17.9 Å². The van der Waals surface area contributed by atoms with Crippen molar-refractivity contribution in [1.29, 1.82) is 0 Å². The van der Waals surface area contributed by atoms with Gasteiger partial charge in [0.1, 0.15) is 0 Å². The fraction of sp³-hybridized carbons (Fsp3) is 0.462. The predicted molar refractivity (Wildman–Crippen MR) is 70.7 cm³/mol. The minimum Gasteiger partial charge on any atom is -0.305 e. The Morgan fingerprint density at radius 2 is 1.81 bits per heavy atom. The van der Waals surface area contributed by atoms with Crippen molar-refractivity contribution in [3.05, 3.63) is 35.7 Å². The second-order valence-electron chi connectivity index (χ2n) is 5.63. The molecule has 2 rings (SSSR count). The molecule has 0 aliphatic rings. The maximum absolute atomic E-state index is 13.0. The first-order chi connectivity index (χ1) is 9.68. The van der Waals surface area contributed by atoms with Crippen LogP contribution in [0.15, 0.2) is 24.3 Å². The van der Waals surface area contributed by atoms with Crippen LogP contribution in [0.5, 0.6) is 0 Å². The molecule has 0 unspecified atom stereocenters. The van der Waals surface area contributed by atoms with Gasteiger partial charge in [-0.25, -0.2) is 0 Å². The zero-order valence-corrected chi connectivity index (χ0v) is 11.9. The van der Waals surface area contributed by atoms with Crippen LogP contribution < -0.4 is 5.32 Å². The molecule has 0 amide bonds. The van der Waals surface area contributed by atoms with E-state index >= 15 is 0 Å². The van der Waals surface area contributed by atoms with Crippen LogP contribution in [0, 0.1) is 0 Å². The Hall–Kier alpha value is -1.96. The predicted octanol–water partition coefficient (Wildman–Crippen LogP) is 2.57. The molecule has 0 atom stereocenters. The highest BCUT2D eigenvalue weighted by Crippen LogP contribution is 2.33. The number of benzene rings is 1. The van der Waals surface area contributed by atoms with E-state index in [1.807, 2.05) is 20.8 Å². The number of hydrogen-bond acceptors (Lipinski definition) is 4. The fourth-order valence-electron chi connectivity index (χ4n) is 1.75. The first-order valence-corrected chi connectivity index (χ1v) is 6.37. The second-order valence-corrected chi connectivity index (χ2v) is 5.63. The molecule has 114 valence electrons. The third-order valence-electron chi connectivity index (χ3n) is 2.75. The van der Waals surface area contributed by atoms with E-state index in [9.17, 15) is 13.2 Å². The van der Waals surface area contributed by atoms with Crippen LogP contribution in [0.4, 0.5) is 13.2 Å². The summed E-state index contributed by atoms with van der Waals surface area (Å²) in [6.45, 7) is 6.11. The monoisotopic (exact) mass is 299 g/mol. The lowest BCUT2D eigenvalue weighted by Gasteiger charge is -2.20. The number of hydrogen-bond donors (Lipinski definition) is 1. The van der Waals surface area contributed by atoms with Gasteiger partial charge in [0.2, 0.25) is 0 Å². The van der Waals surface area contributed by atoms with Crippen molar-refractivity contribution in [1.82, 2.24) is 25.5 Å². The fourth-order valence-corrected chi connectivity index (χ4v) is 1.75. The number of para-hydroxylation sites is 1. The first kappa shape index (κ1) is 15.4. The van der Waals surface area contributed by atoms with E-state index in [0.717, 1.165) is 10.7 Å². The molecule has 5 nitrogen and oxygen atoms in total. The van der Waals surface area contributed by atoms with Crippen molar-refractivity contribution in [3.63, 3.8) is 0 Å². The molecule has 0 radical (unpaired) electrons. The van der Waals surface area contributed by atoms with E-state index in [2.05, 4.69) is 20.8 Å². The van der Waals surface area contributed by atoms with E-state index < -0.39 is 11.7 Å². The molecule has 0 spiro atoms. The maximum atomic E-state index is 13.0. The molecule has 0 fully saturated rings. The molecule has 1 aromatic heterocycles. The number of nitrogens with one attached hydrogen (secondary N) is 1. The molecule has 0 aliphatic carbocycles. The van der Waals surface area contributed by atoms with E-state index in [-0.39, 0.29) is 17.8 Å². The number of nitrogens with zero attached hydrogens (tertiary/aromatic N) is 4. The Balaban J connectivity index is 2.38. The summed E-state index contributed by atoms with van der Waals surface area (Å²) < 4.78 is 40.3. The maximum Gasteiger partial charge on any atom is 0.418 e. The highest BCUT2D eigenvalue weighted by molar-refractivity contribution is 5.42.